The maximum absolute atomic E-state index is 2.65. The largest absolute Gasteiger partial charge is 0.311 e. The van der Waals surface area contributed by atoms with Gasteiger partial charge in [-0.1, -0.05) is 186 Å². The third-order valence-electron chi connectivity index (χ3n) is 15.4. The Morgan fingerprint density at radius 3 is 1.62 bits per heavy atom. The molecule has 0 amide bonds. The SMILES string of the molecule is CC(C)(C)c1ccc(N(c2ccc(C(C)(C)C)cc2)c2ccc3c(c2)N(c2ccc(C(C)(C)C)cc2-c2ccccc2)c2cc(C(C)(C)C)cc4c2B3c2cccc3c5c6ccccc6sc5n-4c23)cc1. The highest BCUT2D eigenvalue weighted by Gasteiger charge is 2.44. The van der Waals surface area contributed by atoms with Gasteiger partial charge in [0.2, 0.25) is 0 Å². The van der Waals surface area contributed by atoms with Gasteiger partial charge in [0.25, 0.3) is 6.71 Å². The van der Waals surface area contributed by atoms with Gasteiger partial charge in [0, 0.05) is 60.5 Å². The molecule has 0 radical (unpaired) electrons. The van der Waals surface area contributed by atoms with E-state index in [0.717, 1.165) is 17.1 Å². The van der Waals surface area contributed by atoms with E-state index < -0.39 is 0 Å². The summed E-state index contributed by atoms with van der Waals surface area (Å²) in [4.78, 5) is 6.44. The monoisotopic (exact) mass is 941 g/mol. The Morgan fingerprint density at radius 1 is 0.423 bits per heavy atom. The lowest BCUT2D eigenvalue weighted by molar-refractivity contribution is 0.589. The van der Waals surface area contributed by atoms with Crippen molar-refractivity contribution in [3.05, 3.63) is 192 Å². The fraction of sp³-hybridized carbons (Fsp3) is 0.242. The van der Waals surface area contributed by atoms with Gasteiger partial charge in [-0.2, -0.15) is 0 Å². The number of anilines is 6. The average molecular weight is 942 g/mol. The molecule has 3 nitrogen and oxygen atoms in total. The van der Waals surface area contributed by atoms with Crippen molar-refractivity contribution in [3.8, 4) is 16.8 Å². The number of aromatic nitrogens is 1. The highest BCUT2D eigenvalue weighted by molar-refractivity contribution is 7.26. The molecule has 0 unspecified atom stereocenters. The summed E-state index contributed by atoms with van der Waals surface area (Å²) in [6, 6.07) is 65.4. The third kappa shape index (κ3) is 7.29. The van der Waals surface area contributed by atoms with Crippen molar-refractivity contribution in [1.29, 1.82) is 0 Å². The fourth-order valence-corrected chi connectivity index (χ4v) is 12.7. The zero-order chi connectivity index (χ0) is 49.5. The molecule has 0 atom stereocenters. The van der Waals surface area contributed by atoms with Crippen molar-refractivity contribution < 1.29 is 0 Å². The minimum atomic E-state index is -0.134. The molecule has 0 spiro atoms. The Labute approximate surface area is 425 Å². The molecule has 71 heavy (non-hydrogen) atoms. The topological polar surface area (TPSA) is 11.4 Å². The van der Waals surface area contributed by atoms with Gasteiger partial charge in [0.1, 0.15) is 4.83 Å². The van der Waals surface area contributed by atoms with Gasteiger partial charge >= 0.3 is 0 Å². The number of benzene rings is 8. The first-order valence-corrected chi connectivity index (χ1v) is 26.4. The maximum Gasteiger partial charge on any atom is 0.252 e. The number of hydrogen-bond acceptors (Lipinski definition) is 3. The zero-order valence-corrected chi connectivity index (χ0v) is 44.3. The average Bonchev–Trinajstić information content (AvgIpc) is 3.88. The first-order chi connectivity index (χ1) is 33.8. The molecule has 0 aliphatic carbocycles. The third-order valence-corrected chi connectivity index (χ3v) is 16.6. The van der Waals surface area contributed by atoms with E-state index in [2.05, 4.69) is 267 Å². The van der Waals surface area contributed by atoms with Crippen molar-refractivity contribution in [3.63, 3.8) is 0 Å². The van der Waals surface area contributed by atoms with Crippen LogP contribution >= 0.6 is 11.3 Å². The highest BCUT2D eigenvalue weighted by atomic mass is 32.1. The summed E-state index contributed by atoms with van der Waals surface area (Å²) in [5.41, 5.74) is 21.2. The van der Waals surface area contributed by atoms with Crippen LogP contribution in [0.15, 0.2) is 170 Å². The van der Waals surface area contributed by atoms with Crippen molar-refractivity contribution >= 4 is 99.8 Å². The summed E-state index contributed by atoms with van der Waals surface area (Å²) in [7, 11) is 0. The summed E-state index contributed by atoms with van der Waals surface area (Å²) in [6.07, 6.45) is 0. The van der Waals surface area contributed by atoms with Crippen molar-refractivity contribution in [1.82, 2.24) is 4.57 Å². The summed E-state index contributed by atoms with van der Waals surface area (Å²) >= 11 is 1.93. The Morgan fingerprint density at radius 2 is 0.986 bits per heavy atom. The molecule has 8 aromatic carbocycles. The van der Waals surface area contributed by atoms with Crippen LogP contribution in [-0.2, 0) is 21.7 Å². The summed E-state index contributed by atoms with van der Waals surface area (Å²) in [5, 5.41) is 4.02. The second-order valence-electron chi connectivity index (χ2n) is 24.3. The van der Waals surface area contributed by atoms with Crippen molar-refractivity contribution in [2.24, 2.45) is 0 Å². The van der Waals surface area contributed by atoms with Gasteiger partial charge in [-0.05, 0) is 133 Å². The smallest absolute Gasteiger partial charge is 0.252 e. The minimum Gasteiger partial charge on any atom is -0.311 e. The summed E-state index contributed by atoms with van der Waals surface area (Å²) in [5.74, 6) is 0. The van der Waals surface area contributed by atoms with E-state index in [0.29, 0.717) is 0 Å². The number of para-hydroxylation sites is 1. The molecule has 0 saturated carbocycles. The second-order valence-corrected chi connectivity index (χ2v) is 25.4. The van der Waals surface area contributed by atoms with Gasteiger partial charge in [0.05, 0.1) is 11.2 Å². The van der Waals surface area contributed by atoms with Crippen LogP contribution in [0.1, 0.15) is 105 Å². The quantitative estimate of drug-likeness (QED) is 0.159. The predicted octanol–water partition coefficient (Wildman–Crippen LogP) is 16.9. The van der Waals surface area contributed by atoms with E-state index in [9.17, 15) is 0 Å². The first-order valence-electron chi connectivity index (χ1n) is 25.5. The molecular formula is C66H64BN3S. The van der Waals surface area contributed by atoms with Crippen LogP contribution in [0.3, 0.4) is 0 Å². The fourth-order valence-electron chi connectivity index (χ4n) is 11.4. The second kappa shape index (κ2) is 15.8. The van der Waals surface area contributed by atoms with E-state index in [1.54, 1.807) is 0 Å². The van der Waals surface area contributed by atoms with Crippen molar-refractivity contribution in [2.45, 2.75) is 105 Å². The summed E-state index contributed by atoms with van der Waals surface area (Å²) in [6.45, 7) is 27.9. The minimum absolute atomic E-state index is 0.000371. The summed E-state index contributed by atoms with van der Waals surface area (Å²) < 4.78 is 3.98. The van der Waals surface area contributed by atoms with E-state index in [-0.39, 0.29) is 28.4 Å². The normalized spacial score (nSPS) is 13.6. The molecule has 2 aromatic heterocycles. The van der Waals surface area contributed by atoms with Gasteiger partial charge in [-0.15, -0.1) is 11.3 Å². The molecule has 10 aromatic rings. The predicted molar refractivity (Wildman–Crippen MR) is 310 cm³/mol. The number of hydrogen-bond donors (Lipinski definition) is 0. The Bertz CT molecular complexity index is 3680. The molecule has 352 valence electrons. The van der Waals surface area contributed by atoms with E-state index in [4.69, 9.17) is 0 Å². The Balaban J connectivity index is 1.20. The lowest BCUT2D eigenvalue weighted by atomic mass is 9.33. The van der Waals surface area contributed by atoms with E-state index in [1.807, 2.05) is 11.3 Å². The number of nitrogens with zero attached hydrogens (tertiary/aromatic N) is 3. The highest BCUT2D eigenvalue weighted by Crippen LogP contribution is 2.50. The zero-order valence-electron chi connectivity index (χ0n) is 43.5. The number of fused-ring (bicyclic) bond motifs is 9. The molecule has 0 N–H and O–H groups in total. The molecule has 4 heterocycles. The van der Waals surface area contributed by atoms with Crippen LogP contribution < -0.4 is 26.2 Å². The molecule has 0 fully saturated rings. The van der Waals surface area contributed by atoms with E-state index >= 15 is 0 Å². The molecule has 12 rings (SSSR count). The van der Waals surface area contributed by atoms with Gasteiger partial charge < -0.3 is 14.4 Å². The maximum atomic E-state index is 2.65. The lowest BCUT2D eigenvalue weighted by Crippen LogP contribution is -2.60. The molecule has 0 bridgehead atoms. The molecule has 2 aliphatic heterocycles. The van der Waals surface area contributed by atoms with Gasteiger partial charge in [0.15, 0.2) is 0 Å². The van der Waals surface area contributed by atoms with E-state index in [1.165, 1.54) is 104 Å². The Kier molecular flexibility index (Phi) is 10.1. The Hall–Kier alpha value is -6.82. The van der Waals surface area contributed by atoms with Crippen LogP contribution in [-0.4, -0.2) is 11.3 Å². The lowest BCUT2D eigenvalue weighted by Gasteiger charge is -2.42. The number of rotatable bonds is 5. The van der Waals surface area contributed by atoms with Crippen LogP contribution in [0.2, 0.25) is 0 Å². The number of thiophene rings is 1. The standard InChI is InChI=1S/C66H64BN3S/c1-63(2,3)42-25-30-46(31-26-42)68(47-32-27-43(28-33-47)64(4,5)6)48-34-35-52-55(40-48)69(54-36-29-44(65(7,8)9)37-51(54)41-19-14-13-15-20-41)56-38-45(66(10,11)12)39-57-60(56)67(52)53-23-18-22-50-59-49-21-16-17-24-58(49)71-62(59)70(57)61(50)53/h13-40H,1-12H3. The molecular weight excluding hydrogens is 878 g/mol. The molecule has 0 saturated heterocycles. The first kappa shape index (κ1) is 45.3. The molecule has 2 aliphatic rings. The van der Waals surface area contributed by atoms with Crippen LogP contribution in [0.25, 0.3) is 48.0 Å². The van der Waals surface area contributed by atoms with Crippen molar-refractivity contribution in [2.75, 3.05) is 9.80 Å². The van der Waals surface area contributed by atoms with Crippen LogP contribution in [0.5, 0.6) is 0 Å². The molecule has 5 heteroatoms. The van der Waals surface area contributed by atoms with Crippen LogP contribution in [0.4, 0.5) is 34.1 Å². The van der Waals surface area contributed by atoms with Gasteiger partial charge in [-0.3, -0.25) is 0 Å². The van der Waals surface area contributed by atoms with Crippen LogP contribution in [0, 0.1) is 0 Å². The van der Waals surface area contributed by atoms with Gasteiger partial charge in [-0.25, -0.2) is 0 Å².